The van der Waals surface area contributed by atoms with E-state index in [2.05, 4.69) is 28.2 Å². The van der Waals surface area contributed by atoms with Crippen molar-refractivity contribution in [2.75, 3.05) is 27.9 Å². The van der Waals surface area contributed by atoms with E-state index in [1.165, 1.54) is 0 Å². The van der Waals surface area contributed by atoms with Crippen LogP contribution in [-0.4, -0.2) is 34.0 Å². The monoisotopic (exact) mass is 343 g/mol. The quantitative estimate of drug-likeness (QED) is 0.891. The predicted octanol–water partition coefficient (Wildman–Crippen LogP) is 3.15. The summed E-state index contributed by atoms with van der Waals surface area (Å²) in [5, 5.41) is 3.36. The lowest BCUT2D eigenvalue weighted by Crippen LogP contribution is -2.33. The third kappa shape index (κ3) is 2.80. The van der Waals surface area contributed by atoms with Crippen molar-refractivity contribution in [3.63, 3.8) is 0 Å². The van der Waals surface area contributed by atoms with E-state index < -0.39 is 0 Å². The van der Waals surface area contributed by atoms with Crippen LogP contribution in [0.2, 0.25) is 0 Å². The van der Waals surface area contributed by atoms with E-state index >= 15 is 0 Å². The van der Waals surface area contributed by atoms with Crippen LogP contribution in [0.4, 0.5) is 0 Å². The second-order valence-corrected chi connectivity index (χ2v) is 5.86. The van der Waals surface area contributed by atoms with Crippen molar-refractivity contribution in [1.82, 2.24) is 5.32 Å². The van der Waals surface area contributed by atoms with Crippen molar-refractivity contribution in [3.05, 3.63) is 22.2 Å². The van der Waals surface area contributed by atoms with Gasteiger partial charge in [0.2, 0.25) is 0 Å². The Hall–Kier alpha value is -0.780. The van der Waals surface area contributed by atoms with Gasteiger partial charge in [-0.05, 0) is 47.4 Å². The lowest BCUT2D eigenvalue weighted by molar-refractivity contribution is 0.0623. The number of hydrogen-bond acceptors (Lipinski definition) is 4. The summed E-state index contributed by atoms with van der Waals surface area (Å²) in [5.74, 6) is 2.09. The molecule has 0 bridgehead atoms. The van der Waals surface area contributed by atoms with Crippen LogP contribution in [0.3, 0.4) is 0 Å². The Kier molecular flexibility index (Phi) is 5.29. The van der Waals surface area contributed by atoms with Crippen molar-refractivity contribution in [3.8, 4) is 11.5 Å². The van der Waals surface area contributed by atoms with Crippen LogP contribution in [0.25, 0.3) is 0 Å². The number of hydrogen-bond donors (Lipinski definition) is 1. The molecule has 1 saturated heterocycles. The highest BCUT2D eigenvalue weighted by Crippen LogP contribution is 2.42. The van der Waals surface area contributed by atoms with E-state index in [9.17, 15) is 0 Å². The Morgan fingerprint density at radius 1 is 1.35 bits per heavy atom. The number of likely N-dealkylation sites (N-methyl/N-ethyl adjacent to an activating group) is 1. The van der Waals surface area contributed by atoms with Gasteiger partial charge in [0.05, 0.1) is 26.4 Å². The second-order valence-electron chi connectivity index (χ2n) is 5.07. The van der Waals surface area contributed by atoms with Crippen LogP contribution in [0, 0.1) is 5.92 Å². The molecule has 1 aromatic carbocycles. The molecule has 4 nitrogen and oxygen atoms in total. The summed E-state index contributed by atoms with van der Waals surface area (Å²) >= 11 is 3.56. The maximum Gasteiger partial charge on any atom is 0.141 e. The summed E-state index contributed by atoms with van der Waals surface area (Å²) in [6.45, 7) is 3.05. The fraction of sp³-hybridized carbons (Fsp3) is 0.600. The van der Waals surface area contributed by atoms with E-state index in [1.54, 1.807) is 14.2 Å². The SMILES string of the molecule is CNC(c1ccc(OC)c(Br)c1OC)C1OCCC1C. The van der Waals surface area contributed by atoms with E-state index in [4.69, 9.17) is 14.2 Å². The van der Waals surface area contributed by atoms with Gasteiger partial charge in [-0.2, -0.15) is 0 Å². The Bertz CT molecular complexity index is 467. The average molecular weight is 344 g/mol. The van der Waals surface area contributed by atoms with Gasteiger partial charge in [-0.15, -0.1) is 0 Å². The minimum absolute atomic E-state index is 0.102. The molecule has 2 rings (SSSR count). The Labute approximate surface area is 128 Å². The van der Waals surface area contributed by atoms with Crippen molar-refractivity contribution in [2.45, 2.75) is 25.5 Å². The van der Waals surface area contributed by atoms with Gasteiger partial charge in [-0.1, -0.05) is 6.92 Å². The topological polar surface area (TPSA) is 39.7 Å². The first-order chi connectivity index (χ1) is 9.63. The van der Waals surface area contributed by atoms with Gasteiger partial charge in [0.1, 0.15) is 16.0 Å². The van der Waals surface area contributed by atoms with E-state index in [0.29, 0.717) is 5.92 Å². The first-order valence-electron chi connectivity index (χ1n) is 6.83. The molecule has 0 amide bonds. The summed E-state index contributed by atoms with van der Waals surface area (Å²) < 4.78 is 17.6. The highest BCUT2D eigenvalue weighted by Gasteiger charge is 2.34. The molecule has 0 aromatic heterocycles. The van der Waals surface area contributed by atoms with E-state index in [-0.39, 0.29) is 12.1 Å². The van der Waals surface area contributed by atoms with Gasteiger partial charge < -0.3 is 19.5 Å². The number of benzene rings is 1. The van der Waals surface area contributed by atoms with E-state index in [0.717, 1.165) is 34.6 Å². The zero-order valence-corrected chi connectivity index (χ0v) is 14.0. The number of nitrogens with one attached hydrogen (secondary N) is 1. The van der Waals surface area contributed by atoms with E-state index in [1.807, 2.05) is 19.2 Å². The fourth-order valence-corrected chi connectivity index (χ4v) is 3.49. The van der Waals surface area contributed by atoms with Crippen molar-refractivity contribution >= 4 is 15.9 Å². The number of rotatable bonds is 5. The molecule has 1 N–H and O–H groups in total. The third-order valence-corrected chi connectivity index (χ3v) is 4.69. The van der Waals surface area contributed by atoms with Crippen LogP contribution >= 0.6 is 15.9 Å². The zero-order valence-electron chi connectivity index (χ0n) is 12.4. The van der Waals surface area contributed by atoms with Gasteiger partial charge in [-0.25, -0.2) is 0 Å². The summed E-state index contributed by atoms with van der Waals surface area (Å²) in [5.41, 5.74) is 1.08. The number of methoxy groups -OCH3 is 2. The maximum absolute atomic E-state index is 5.90. The standard InChI is InChI=1S/C15H22BrNO3/c1-9-7-8-20-14(9)13(17-2)10-5-6-11(18-3)12(16)15(10)19-4/h5-6,9,13-14,17H,7-8H2,1-4H3. The summed E-state index contributed by atoms with van der Waals surface area (Å²) in [4.78, 5) is 0. The molecular weight excluding hydrogens is 322 g/mol. The van der Waals surface area contributed by atoms with Crippen molar-refractivity contribution in [2.24, 2.45) is 5.92 Å². The van der Waals surface area contributed by atoms with Gasteiger partial charge >= 0.3 is 0 Å². The highest BCUT2D eigenvalue weighted by molar-refractivity contribution is 9.10. The molecule has 1 aliphatic rings. The molecule has 3 unspecified atom stereocenters. The Balaban J connectivity index is 2.41. The molecule has 0 spiro atoms. The van der Waals surface area contributed by atoms with Crippen molar-refractivity contribution in [1.29, 1.82) is 0 Å². The Morgan fingerprint density at radius 3 is 2.60 bits per heavy atom. The molecule has 5 heteroatoms. The molecule has 1 fully saturated rings. The molecule has 1 heterocycles. The average Bonchev–Trinajstić information content (AvgIpc) is 2.86. The molecule has 0 saturated carbocycles. The molecule has 20 heavy (non-hydrogen) atoms. The lowest BCUT2D eigenvalue weighted by atomic mass is 9.92. The molecular formula is C15H22BrNO3. The summed E-state index contributed by atoms with van der Waals surface area (Å²) in [6, 6.07) is 4.09. The third-order valence-electron chi connectivity index (χ3n) is 3.94. The normalized spacial score (nSPS) is 23.6. The molecule has 0 radical (unpaired) electrons. The van der Waals surface area contributed by atoms with Crippen molar-refractivity contribution < 1.29 is 14.2 Å². The summed E-state index contributed by atoms with van der Waals surface area (Å²) in [6.07, 6.45) is 1.26. The maximum atomic E-state index is 5.90. The molecule has 0 aliphatic carbocycles. The number of ether oxygens (including phenoxy) is 3. The minimum Gasteiger partial charge on any atom is -0.495 e. The van der Waals surface area contributed by atoms with Crippen LogP contribution in [0.1, 0.15) is 24.9 Å². The van der Waals surface area contributed by atoms with Crippen LogP contribution in [0.5, 0.6) is 11.5 Å². The molecule has 3 atom stereocenters. The molecule has 1 aliphatic heterocycles. The molecule has 112 valence electrons. The van der Waals surface area contributed by atoms with Gasteiger partial charge in [-0.3, -0.25) is 0 Å². The second kappa shape index (κ2) is 6.78. The fourth-order valence-electron chi connectivity index (χ4n) is 2.80. The highest BCUT2D eigenvalue weighted by atomic mass is 79.9. The first kappa shape index (κ1) is 15.6. The first-order valence-corrected chi connectivity index (χ1v) is 7.62. The minimum atomic E-state index is 0.102. The zero-order chi connectivity index (χ0) is 14.7. The lowest BCUT2D eigenvalue weighted by Gasteiger charge is -2.28. The van der Waals surface area contributed by atoms with Gasteiger partial charge in [0.25, 0.3) is 0 Å². The van der Waals surface area contributed by atoms with Crippen LogP contribution < -0.4 is 14.8 Å². The van der Waals surface area contributed by atoms with Gasteiger partial charge in [0, 0.05) is 12.2 Å². The van der Waals surface area contributed by atoms with Gasteiger partial charge in [0.15, 0.2) is 0 Å². The smallest absolute Gasteiger partial charge is 0.141 e. The van der Waals surface area contributed by atoms with Crippen LogP contribution in [-0.2, 0) is 4.74 Å². The molecule has 1 aromatic rings. The van der Waals surface area contributed by atoms with Crippen LogP contribution in [0.15, 0.2) is 16.6 Å². The predicted molar refractivity (Wildman–Crippen MR) is 82.6 cm³/mol. The number of halogens is 1. The largest absolute Gasteiger partial charge is 0.495 e. The Morgan fingerprint density at radius 2 is 2.10 bits per heavy atom. The summed E-state index contributed by atoms with van der Waals surface area (Å²) in [7, 11) is 5.28.